The van der Waals surface area contributed by atoms with Gasteiger partial charge >= 0.3 is 0 Å². The highest BCUT2D eigenvalue weighted by Crippen LogP contribution is 2.37. The van der Waals surface area contributed by atoms with E-state index >= 15 is 0 Å². The first-order valence-corrected chi connectivity index (χ1v) is 9.48. The lowest BCUT2D eigenvalue weighted by atomic mass is 9.99. The van der Waals surface area contributed by atoms with Crippen LogP contribution in [0.15, 0.2) is 43.2 Å². The Morgan fingerprint density at radius 1 is 1.36 bits per heavy atom. The SMILES string of the molecule is C=C(CC(C)=O)c1cnn2ccc(N3CCC[C@@H]3c3cc(F)ccc3C)nc12. The molecule has 5 nitrogen and oxygen atoms in total. The number of halogens is 1. The fourth-order valence-electron chi connectivity index (χ4n) is 4.00. The molecule has 3 heterocycles. The van der Waals surface area contributed by atoms with E-state index in [2.05, 4.69) is 16.6 Å². The van der Waals surface area contributed by atoms with Gasteiger partial charge in [0.25, 0.3) is 0 Å². The summed E-state index contributed by atoms with van der Waals surface area (Å²) in [7, 11) is 0. The Morgan fingerprint density at radius 2 is 2.18 bits per heavy atom. The van der Waals surface area contributed by atoms with Crippen molar-refractivity contribution in [3.8, 4) is 0 Å². The molecule has 0 saturated carbocycles. The minimum Gasteiger partial charge on any atom is -0.349 e. The molecule has 1 saturated heterocycles. The van der Waals surface area contributed by atoms with Gasteiger partial charge in [-0.2, -0.15) is 5.10 Å². The average Bonchev–Trinajstić information content (AvgIpc) is 3.29. The molecule has 1 aromatic carbocycles. The second kappa shape index (κ2) is 7.19. The van der Waals surface area contributed by atoms with Crippen LogP contribution in [0.3, 0.4) is 0 Å². The van der Waals surface area contributed by atoms with E-state index in [1.54, 1.807) is 23.7 Å². The number of allylic oxidation sites excluding steroid dienone is 1. The van der Waals surface area contributed by atoms with Crippen molar-refractivity contribution in [1.29, 1.82) is 0 Å². The van der Waals surface area contributed by atoms with Gasteiger partial charge < -0.3 is 4.90 Å². The summed E-state index contributed by atoms with van der Waals surface area (Å²) < 4.78 is 15.6. The molecule has 6 heteroatoms. The molecule has 144 valence electrons. The molecule has 0 bridgehead atoms. The number of carbonyl (C=O) groups is 1. The molecule has 1 aliphatic rings. The van der Waals surface area contributed by atoms with Crippen LogP contribution in [0.2, 0.25) is 0 Å². The van der Waals surface area contributed by atoms with Crippen molar-refractivity contribution in [1.82, 2.24) is 14.6 Å². The Kier molecular flexibility index (Phi) is 4.71. The van der Waals surface area contributed by atoms with Gasteiger partial charge in [0.2, 0.25) is 0 Å². The van der Waals surface area contributed by atoms with E-state index in [-0.39, 0.29) is 24.1 Å². The van der Waals surface area contributed by atoms with Crippen LogP contribution in [-0.4, -0.2) is 26.9 Å². The van der Waals surface area contributed by atoms with Crippen LogP contribution in [0.1, 0.15) is 48.9 Å². The zero-order valence-electron chi connectivity index (χ0n) is 16.2. The normalized spacial score (nSPS) is 16.7. The van der Waals surface area contributed by atoms with Crippen molar-refractivity contribution >= 4 is 22.8 Å². The summed E-state index contributed by atoms with van der Waals surface area (Å²) in [6.07, 6.45) is 5.84. The molecule has 28 heavy (non-hydrogen) atoms. The van der Waals surface area contributed by atoms with Crippen LogP contribution in [0.4, 0.5) is 10.2 Å². The van der Waals surface area contributed by atoms with Gasteiger partial charge in [-0.15, -0.1) is 0 Å². The van der Waals surface area contributed by atoms with Crippen molar-refractivity contribution in [3.63, 3.8) is 0 Å². The van der Waals surface area contributed by atoms with Crippen LogP contribution < -0.4 is 4.90 Å². The van der Waals surface area contributed by atoms with E-state index in [4.69, 9.17) is 4.98 Å². The Morgan fingerprint density at radius 3 is 2.96 bits per heavy atom. The number of hydrogen-bond acceptors (Lipinski definition) is 4. The van der Waals surface area contributed by atoms with Crippen molar-refractivity contribution in [2.24, 2.45) is 0 Å². The van der Waals surface area contributed by atoms with Crippen LogP contribution in [0.5, 0.6) is 0 Å². The second-order valence-corrected chi connectivity index (χ2v) is 7.45. The summed E-state index contributed by atoms with van der Waals surface area (Å²) >= 11 is 0. The number of anilines is 1. The van der Waals surface area contributed by atoms with Crippen molar-refractivity contribution in [2.45, 2.75) is 39.2 Å². The number of Topliss-reactive ketones (excluding diaryl/α,β-unsaturated/α-hetero) is 1. The fraction of sp³-hybridized carbons (Fsp3) is 0.318. The van der Waals surface area contributed by atoms with Crippen LogP contribution in [0, 0.1) is 12.7 Å². The first kappa shape index (κ1) is 18.3. The summed E-state index contributed by atoms with van der Waals surface area (Å²) in [5, 5.41) is 4.33. The Bertz CT molecular complexity index is 1070. The van der Waals surface area contributed by atoms with Crippen molar-refractivity contribution in [2.75, 3.05) is 11.4 Å². The lowest BCUT2D eigenvalue weighted by molar-refractivity contribution is -0.116. The molecule has 0 unspecified atom stereocenters. The minimum absolute atomic E-state index is 0.0571. The summed E-state index contributed by atoms with van der Waals surface area (Å²) in [4.78, 5) is 18.5. The van der Waals surface area contributed by atoms with Gasteiger partial charge in [0.1, 0.15) is 17.4 Å². The lowest BCUT2D eigenvalue weighted by Crippen LogP contribution is -2.24. The molecule has 0 spiro atoms. The first-order chi connectivity index (χ1) is 13.4. The predicted octanol–water partition coefficient (Wildman–Crippen LogP) is 4.51. The molecule has 1 atom stereocenters. The van der Waals surface area contributed by atoms with Crippen molar-refractivity contribution < 1.29 is 9.18 Å². The molecular weight excluding hydrogens is 355 g/mol. The standard InChI is InChI=1S/C22H23FN4O/c1-14-6-7-17(23)12-18(14)20-5-4-9-26(20)21-8-10-27-22(25-21)19(13-24-27)15(2)11-16(3)28/h6-8,10,12-13,20H,2,4-5,9,11H2,1,3H3/t20-/m1/s1. The third kappa shape index (κ3) is 3.30. The molecule has 0 aliphatic carbocycles. The van der Waals surface area contributed by atoms with Crippen LogP contribution in [0.25, 0.3) is 11.2 Å². The number of aromatic nitrogens is 3. The molecule has 3 aromatic rings. The molecule has 4 rings (SSSR count). The Labute approximate surface area is 163 Å². The quantitative estimate of drug-likeness (QED) is 0.655. The third-order valence-corrected chi connectivity index (χ3v) is 5.34. The van der Waals surface area contributed by atoms with E-state index in [0.717, 1.165) is 41.9 Å². The van der Waals surface area contributed by atoms with E-state index in [1.807, 2.05) is 25.3 Å². The third-order valence-electron chi connectivity index (χ3n) is 5.34. The largest absolute Gasteiger partial charge is 0.349 e. The number of aryl methyl sites for hydroxylation is 1. The fourth-order valence-corrected chi connectivity index (χ4v) is 4.00. The number of benzene rings is 1. The van der Waals surface area contributed by atoms with Gasteiger partial charge in [0.05, 0.1) is 12.2 Å². The second-order valence-electron chi connectivity index (χ2n) is 7.45. The zero-order chi connectivity index (χ0) is 19.8. The van der Waals surface area contributed by atoms with Crippen LogP contribution >= 0.6 is 0 Å². The van der Waals surface area contributed by atoms with E-state index < -0.39 is 0 Å². The van der Waals surface area contributed by atoms with Gasteiger partial charge in [-0.25, -0.2) is 13.9 Å². The van der Waals surface area contributed by atoms with Crippen LogP contribution in [-0.2, 0) is 4.79 Å². The monoisotopic (exact) mass is 378 g/mol. The van der Waals surface area contributed by atoms with Gasteiger partial charge in [-0.1, -0.05) is 12.6 Å². The zero-order valence-corrected chi connectivity index (χ0v) is 16.2. The molecule has 2 aromatic heterocycles. The predicted molar refractivity (Wildman–Crippen MR) is 108 cm³/mol. The van der Waals surface area contributed by atoms with E-state index in [1.165, 1.54) is 6.07 Å². The maximum atomic E-state index is 13.9. The number of nitrogens with zero attached hydrogens (tertiary/aromatic N) is 4. The highest BCUT2D eigenvalue weighted by Gasteiger charge is 2.29. The summed E-state index contributed by atoms with van der Waals surface area (Å²) in [5.74, 6) is 0.673. The lowest BCUT2D eigenvalue weighted by Gasteiger charge is -2.27. The number of hydrogen-bond donors (Lipinski definition) is 0. The molecule has 0 N–H and O–H groups in total. The summed E-state index contributed by atoms with van der Waals surface area (Å²) in [6.45, 7) is 8.46. The first-order valence-electron chi connectivity index (χ1n) is 9.48. The van der Waals surface area contributed by atoms with Gasteiger partial charge in [0, 0.05) is 24.7 Å². The minimum atomic E-state index is -0.213. The highest BCUT2D eigenvalue weighted by molar-refractivity contribution is 5.90. The highest BCUT2D eigenvalue weighted by atomic mass is 19.1. The average molecular weight is 378 g/mol. The Hall–Kier alpha value is -3.02. The van der Waals surface area contributed by atoms with E-state index in [0.29, 0.717) is 11.2 Å². The number of carbonyl (C=O) groups excluding carboxylic acids is 1. The molecule has 1 fully saturated rings. The number of rotatable bonds is 5. The van der Waals surface area contributed by atoms with Gasteiger partial charge in [-0.3, -0.25) is 4.79 Å². The Balaban J connectivity index is 1.73. The van der Waals surface area contributed by atoms with Crippen molar-refractivity contribution in [3.05, 3.63) is 65.7 Å². The maximum absolute atomic E-state index is 13.9. The topological polar surface area (TPSA) is 50.5 Å². The number of fused-ring (bicyclic) bond motifs is 1. The smallest absolute Gasteiger partial charge is 0.164 e. The molecule has 0 radical (unpaired) electrons. The molecule has 0 amide bonds. The number of ketones is 1. The van der Waals surface area contributed by atoms with Gasteiger partial charge in [-0.05, 0) is 61.6 Å². The summed E-state index contributed by atoms with van der Waals surface area (Å²) in [6, 6.07) is 7.00. The molecular formula is C22H23FN4O. The maximum Gasteiger partial charge on any atom is 0.164 e. The summed E-state index contributed by atoms with van der Waals surface area (Å²) in [5.41, 5.74) is 4.28. The van der Waals surface area contributed by atoms with E-state index in [9.17, 15) is 9.18 Å². The van der Waals surface area contributed by atoms with Gasteiger partial charge in [0.15, 0.2) is 5.65 Å². The molecule has 1 aliphatic heterocycles.